The molecule has 0 saturated heterocycles. The topological polar surface area (TPSA) is 26.3 Å². The number of alkyl halides is 5. The first-order valence-corrected chi connectivity index (χ1v) is 4.87. The quantitative estimate of drug-likeness (QED) is 0.620. The minimum Gasteiger partial charge on any atom is -0.452 e. The number of esters is 1. The fourth-order valence-electron chi connectivity index (χ4n) is 1.11. The van der Waals surface area contributed by atoms with Crippen molar-refractivity contribution in [1.29, 1.82) is 0 Å². The zero-order chi connectivity index (χ0) is 14.0. The van der Waals surface area contributed by atoms with Gasteiger partial charge in [-0.05, 0) is 19.1 Å². The second-order valence-corrected chi connectivity index (χ2v) is 3.53. The average Bonchev–Trinajstić information content (AvgIpc) is 2.28. The zero-order valence-electron chi connectivity index (χ0n) is 9.17. The fourth-order valence-corrected chi connectivity index (χ4v) is 1.11. The maximum Gasteiger partial charge on any atom is 0.457 e. The van der Waals surface area contributed by atoms with Crippen molar-refractivity contribution in [3.63, 3.8) is 0 Å². The predicted molar refractivity (Wildman–Crippen MR) is 52.3 cm³/mol. The lowest BCUT2D eigenvalue weighted by Crippen LogP contribution is -2.47. The van der Waals surface area contributed by atoms with E-state index in [9.17, 15) is 26.7 Å². The normalized spacial score (nSPS) is 14.1. The van der Waals surface area contributed by atoms with Gasteiger partial charge in [-0.15, -0.1) is 0 Å². The van der Waals surface area contributed by atoms with E-state index in [1.807, 2.05) is 0 Å². The molecule has 1 unspecified atom stereocenters. The van der Waals surface area contributed by atoms with Crippen LogP contribution in [0.5, 0.6) is 0 Å². The van der Waals surface area contributed by atoms with E-state index in [-0.39, 0.29) is 5.56 Å². The fraction of sp³-hybridized carbons (Fsp3) is 0.364. The summed E-state index contributed by atoms with van der Waals surface area (Å²) in [6, 6.07) is 6.93. The van der Waals surface area contributed by atoms with E-state index in [1.54, 1.807) is 6.07 Å². The molecular formula is C11H9F5O2. The van der Waals surface area contributed by atoms with Crippen LogP contribution in [0.4, 0.5) is 22.0 Å². The van der Waals surface area contributed by atoms with Crippen LogP contribution in [0, 0.1) is 0 Å². The molecular weight excluding hydrogens is 259 g/mol. The molecule has 0 amide bonds. The molecule has 18 heavy (non-hydrogen) atoms. The van der Waals surface area contributed by atoms with Gasteiger partial charge in [-0.1, -0.05) is 18.2 Å². The molecule has 0 radical (unpaired) electrons. The van der Waals surface area contributed by atoms with Gasteiger partial charge in [-0.2, -0.15) is 22.0 Å². The molecule has 7 heteroatoms. The number of hydrogen-bond donors (Lipinski definition) is 0. The summed E-state index contributed by atoms with van der Waals surface area (Å²) in [5.41, 5.74) is -0.0951. The Hall–Kier alpha value is -1.66. The summed E-state index contributed by atoms with van der Waals surface area (Å²) in [6.45, 7) is 0.494. The molecule has 0 fully saturated rings. The minimum absolute atomic E-state index is 0.0951. The molecule has 1 aromatic rings. The minimum atomic E-state index is -5.76. The molecule has 0 bridgehead atoms. The van der Waals surface area contributed by atoms with Crippen molar-refractivity contribution >= 4 is 5.97 Å². The highest BCUT2D eigenvalue weighted by molar-refractivity contribution is 5.89. The van der Waals surface area contributed by atoms with Gasteiger partial charge in [-0.3, -0.25) is 0 Å². The van der Waals surface area contributed by atoms with E-state index in [4.69, 9.17) is 0 Å². The van der Waals surface area contributed by atoms with Crippen molar-refractivity contribution in [2.45, 2.75) is 25.1 Å². The first-order chi connectivity index (χ1) is 8.16. The van der Waals surface area contributed by atoms with Crippen LogP contribution in [0.3, 0.4) is 0 Å². The molecule has 100 valence electrons. The van der Waals surface area contributed by atoms with Crippen LogP contribution in [0.15, 0.2) is 30.3 Å². The van der Waals surface area contributed by atoms with Gasteiger partial charge in [0.1, 0.15) is 0 Å². The Morgan fingerprint density at radius 1 is 1.11 bits per heavy atom. The summed E-state index contributed by atoms with van der Waals surface area (Å²) in [5, 5.41) is 0. The number of rotatable bonds is 3. The van der Waals surface area contributed by atoms with Crippen molar-refractivity contribution in [1.82, 2.24) is 0 Å². The Balaban J connectivity index is 2.77. The van der Waals surface area contributed by atoms with E-state index < -0.39 is 24.2 Å². The third-order valence-corrected chi connectivity index (χ3v) is 2.18. The van der Waals surface area contributed by atoms with E-state index >= 15 is 0 Å². The van der Waals surface area contributed by atoms with Crippen LogP contribution in [-0.4, -0.2) is 24.2 Å². The van der Waals surface area contributed by atoms with Gasteiger partial charge in [0.25, 0.3) is 0 Å². The molecule has 0 aliphatic carbocycles. The van der Waals surface area contributed by atoms with Crippen molar-refractivity contribution in [3.05, 3.63) is 35.9 Å². The van der Waals surface area contributed by atoms with Crippen molar-refractivity contribution in [2.75, 3.05) is 0 Å². The first kappa shape index (κ1) is 14.4. The Morgan fingerprint density at radius 3 is 2.06 bits per heavy atom. The number of ether oxygens (including phenoxy) is 1. The van der Waals surface area contributed by atoms with Gasteiger partial charge < -0.3 is 4.74 Å². The summed E-state index contributed by atoms with van der Waals surface area (Å²) in [4.78, 5) is 11.3. The van der Waals surface area contributed by atoms with Crippen molar-refractivity contribution < 1.29 is 31.5 Å². The zero-order valence-corrected chi connectivity index (χ0v) is 9.17. The molecule has 0 N–H and O–H groups in total. The van der Waals surface area contributed by atoms with Gasteiger partial charge in [-0.25, -0.2) is 4.79 Å². The second-order valence-electron chi connectivity index (χ2n) is 3.53. The van der Waals surface area contributed by atoms with Crippen LogP contribution in [-0.2, 0) is 4.74 Å². The summed E-state index contributed by atoms with van der Waals surface area (Å²) >= 11 is 0. The molecule has 0 saturated carbocycles. The van der Waals surface area contributed by atoms with E-state index in [2.05, 4.69) is 4.74 Å². The van der Waals surface area contributed by atoms with Gasteiger partial charge in [0.15, 0.2) is 6.10 Å². The molecule has 0 aliphatic rings. The van der Waals surface area contributed by atoms with Crippen molar-refractivity contribution in [2.24, 2.45) is 0 Å². The molecule has 1 aromatic carbocycles. The molecule has 0 aliphatic heterocycles. The molecule has 0 heterocycles. The van der Waals surface area contributed by atoms with Crippen LogP contribution in [0.2, 0.25) is 0 Å². The molecule has 2 nitrogen and oxygen atoms in total. The Kier molecular flexibility index (Phi) is 3.93. The largest absolute Gasteiger partial charge is 0.457 e. The monoisotopic (exact) mass is 268 g/mol. The Bertz CT molecular complexity index is 413. The Labute approximate surface area is 99.4 Å². The van der Waals surface area contributed by atoms with E-state index in [0.29, 0.717) is 6.92 Å². The van der Waals surface area contributed by atoms with Gasteiger partial charge in [0, 0.05) is 0 Å². The highest BCUT2D eigenvalue weighted by Gasteiger charge is 2.62. The lowest BCUT2D eigenvalue weighted by Gasteiger charge is -2.25. The third-order valence-electron chi connectivity index (χ3n) is 2.18. The van der Waals surface area contributed by atoms with Crippen molar-refractivity contribution in [3.8, 4) is 0 Å². The molecule has 0 spiro atoms. The van der Waals surface area contributed by atoms with Gasteiger partial charge >= 0.3 is 18.1 Å². The van der Waals surface area contributed by atoms with E-state index in [0.717, 1.165) is 0 Å². The number of halogens is 5. The number of benzene rings is 1. The summed E-state index contributed by atoms with van der Waals surface area (Å²) in [6.07, 6.45) is -8.35. The summed E-state index contributed by atoms with van der Waals surface area (Å²) in [7, 11) is 0. The van der Waals surface area contributed by atoms with Crippen LogP contribution in [0.1, 0.15) is 17.3 Å². The molecule has 1 atom stereocenters. The summed E-state index contributed by atoms with van der Waals surface area (Å²) in [5.74, 6) is -6.32. The SMILES string of the molecule is CC(OC(=O)c1ccccc1)C(F)(F)C(F)(F)F. The lowest BCUT2D eigenvalue weighted by molar-refractivity contribution is -0.309. The van der Waals surface area contributed by atoms with Crippen LogP contribution in [0.25, 0.3) is 0 Å². The van der Waals surface area contributed by atoms with E-state index in [1.165, 1.54) is 24.3 Å². The Morgan fingerprint density at radius 2 is 1.61 bits per heavy atom. The predicted octanol–water partition coefficient (Wildman–Crippen LogP) is 3.43. The first-order valence-electron chi connectivity index (χ1n) is 4.87. The third kappa shape index (κ3) is 2.96. The van der Waals surface area contributed by atoms with Gasteiger partial charge in [0.05, 0.1) is 5.56 Å². The highest BCUT2D eigenvalue weighted by atomic mass is 19.4. The number of hydrogen-bond acceptors (Lipinski definition) is 2. The van der Waals surface area contributed by atoms with Crippen LogP contribution < -0.4 is 0 Å². The average molecular weight is 268 g/mol. The smallest absolute Gasteiger partial charge is 0.452 e. The number of carbonyl (C=O) groups excluding carboxylic acids is 1. The number of carbonyl (C=O) groups is 1. The molecule has 1 rings (SSSR count). The van der Waals surface area contributed by atoms with Gasteiger partial charge in [0.2, 0.25) is 0 Å². The molecule has 0 aromatic heterocycles. The maximum absolute atomic E-state index is 12.8. The standard InChI is InChI=1S/C11H9F5O2/c1-7(10(12,13)11(14,15)16)18-9(17)8-5-3-2-4-6-8/h2-7H,1H3. The van der Waals surface area contributed by atoms with Crippen LogP contribution >= 0.6 is 0 Å². The summed E-state index contributed by atoms with van der Waals surface area (Å²) < 4.78 is 65.7. The lowest BCUT2D eigenvalue weighted by atomic mass is 10.2. The second kappa shape index (κ2) is 4.91. The maximum atomic E-state index is 12.8. The highest BCUT2D eigenvalue weighted by Crippen LogP contribution is 2.39.